The van der Waals surface area contributed by atoms with Crippen molar-refractivity contribution in [2.45, 2.75) is 67.3 Å². The van der Waals surface area contributed by atoms with Crippen LogP contribution in [-0.2, 0) is 4.79 Å². The van der Waals surface area contributed by atoms with Crippen molar-refractivity contribution in [3.63, 3.8) is 0 Å². The van der Waals surface area contributed by atoms with E-state index in [1.807, 2.05) is 45.9 Å². The highest BCUT2D eigenvalue weighted by Crippen LogP contribution is 2.17. The Morgan fingerprint density at radius 1 is 1.42 bits per heavy atom. The van der Waals surface area contributed by atoms with Crippen LogP contribution < -0.4 is 10.6 Å². The molecule has 0 saturated heterocycles. The van der Waals surface area contributed by atoms with Crippen LogP contribution >= 0.6 is 0 Å². The number of carbonyl (C=O) groups excluding carboxylic acids is 1. The number of amides is 1. The van der Waals surface area contributed by atoms with Gasteiger partial charge in [-0.2, -0.15) is 0 Å². The molecule has 0 fully saturated rings. The molecule has 0 spiro atoms. The third-order valence-corrected chi connectivity index (χ3v) is 3.68. The van der Waals surface area contributed by atoms with Gasteiger partial charge in [-0.15, -0.1) is 6.58 Å². The van der Waals surface area contributed by atoms with Crippen LogP contribution in [0.2, 0.25) is 0 Å². The topological polar surface area (TPSA) is 56.7 Å². The predicted octanol–water partition coefficient (Wildman–Crippen LogP) is 3.98. The molecule has 0 saturated carbocycles. The predicted molar refractivity (Wildman–Crippen MR) is 116 cm³/mol. The highest BCUT2D eigenvalue weighted by atomic mass is 16.2. The minimum Gasteiger partial charge on any atom is -0.373 e. The summed E-state index contributed by atoms with van der Waals surface area (Å²) in [6.07, 6.45) is 5.55. The number of hydrogen-bond donors (Lipinski definition) is 2. The number of aliphatic imine (C=N–C) groups is 1. The van der Waals surface area contributed by atoms with Gasteiger partial charge in [0.05, 0.1) is 6.54 Å². The molecule has 0 aliphatic carbocycles. The zero-order valence-electron chi connectivity index (χ0n) is 18.4. The maximum atomic E-state index is 12.2. The second-order valence-corrected chi connectivity index (χ2v) is 6.26. The van der Waals surface area contributed by atoms with Crippen LogP contribution in [0.5, 0.6) is 0 Å². The van der Waals surface area contributed by atoms with Crippen LogP contribution in [0.25, 0.3) is 0 Å². The first kappa shape index (κ1) is 26.6. The first-order valence-electron chi connectivity index (χ1n) is 9.95. The van der Waals surface area contributed by atoms with E-state index < -0.39 is 0 Å². The third-order valence-electron chi connectivity index (χ3n) is 3.68. The Bertz CT molecular complexity index is 441. The van der Waals surface area contributed by atoms with Gasteiger partial charge in [0.1, 0.15) is 5.82 Å². The van der Waals surface area contributed by atoms with Gasteiger partial charge in [-0.05, 0) is 38.2 Å². The molecule has 152 valence electrons. The number of nitrogens with zero attached hydrogens (tertiary/aromatic N) is 2. The van der Waals surface area contributed by atoms with Gasteiger partial charge >= 0.3 is 0 Å². The molecule has 0 aromatic carbocycles. The highest BCUT2D eigenvalue weighted by molar-refractivity contribution is 5.79. The van der Waals surface area contributed by atoms with Crippen molar-refractivity contribution >= 4 is 12.1 Å². The molecular weight excluding hydrogens is 324 g/mol. The molecule has 0 radical (unpaired) electrons. The van der Waals surface area contributed by atoms with Crippen molar-refractivity contribution in [1.29, 1.82) is 0 Å². The molecule has 1 amide bonds. The lowest BCUT2D eigenvalue weighted by molar-refractivity contribution is -0.130. The Kier molecular flexibility index (Phi) is 17.2. The molecule has 1 aliphatic rings. The number of carbonyl (C=O) groups is 1. The van der Waals surface area contributed by atoms with Crippen molar-refractivity contribution in [2.24, 2.45) is 10.9 Å². The van der Waals surface area contributed by atoms with Gasteiger partial charge < -0.3 is 15.5 Å². The summed E-state index contributed by atoms with van der Waals surface area (Å²) in [6, 6.07) is 0.152. The van der Waals surface area contributed by atoms with Crippen LogP contribution in [0.4, 0.5) is 0 Å². The number of rotatable bonds is 8. The average Bonchev–Trinajstić information content (AvgIpc) is 2.65. The number of hydrogen-bond acceptors (Lipinski definition) is 4. The summed E-state index contributed by atoms with van der Waals surface area (Å²) < 4.78 is 0. The molecule has 2 N–H and O–H groups in total. The molecule has 5 heteroatoms. The lowest BCUT2D eigenvalue weighted by atomic mass is 10.0. The van der Waals surface area contributed by atoms with E-state index in [0.717, 1.165) is 31.8 Å². The summed E-state index contributed by atoms with van der Waals surface area (Å²) >= 11 is 0. The van der Waals surface area contributed by atoms with Gasteiger partial charge in [0.15, 0.2) is 0 Å². The van der Waals surface area contributed by atoms with Gasteiger partial charge in [0.25, 0.3) is 0 Å². The fourth-order valence-electron chi connectivity index (χ4n) is 2.53. The van der Waals surface area contributed by atoms with E-state index in [4.69, 9.17) is 0 Å². The number of allylic oxidation sites excluding steroid dienone is 1. The van der Waals surface area contributed by atoms with E-state index >= 15 is 0 Å². The van der Waals surface area contributed by atoms with Crippen LogP contribution in [0, 0.1) is 5.92 Å². The van der Waals surface area contributed by atoms with Crippen molar-refractivity contribution in [1.82, 2.24) is 15.5 Å². The van der Waals surface area contributed by atoms with Crippen molar-refractivity contribution in [3.8, 4) is 0 Å². The second-order valence-electron chi connectivity index (χ2n) is 6.26. The smallest absolute Gasteiger partial charge is 0.236 e. The highest BCUT2D eigenvalue weighted by Gasteiger charge is 2.18. The molecular formula is C21H42N4O. The molecule has 0 aromatic heterocycles. The first-order valence-corrected chi connectivity index (χ1v) is 9.95. The Labute approximate surface area is 162 Å². The molecule has 0 aromatic rings. The molecule has 0 unspecified atom stereocenters. The zero-order valence-corrected chi connectivity index (χ0v) is 18.4. The lowest BCUT2D eigenvalue weighted by Crippen LogP contribution is -2.44. The van der Waals surface area contributed by atoms with Gasteiger partial charge in [0, 0.05) is 32.4 Å². The quantitative estimate of drug-likeness (QED) is 0.639. The molecule has 0 bridgehead atoms. The molecule has 5 nitrogen and oxygen atoms in total. The number of nitrogens with one attached hydrogen (secondary N) is 2. The van der Waals surface area contributed by atoms with Crippen LogP contribution in [0.1, 0.15) is 61.3 Å². The summed E-state index contributed by atoms with van der Waals surface area (Å²) in [5.41, 5.74) is 1.31. The molecule has 1 atom stereocenters. The molecule has 1 aliphatic heterocycles. The fraction of sp³-hybridized carbons (Fsp3) is 0.714. The van der Waals surface area contributed by atoms with E-state index in [2.05, 4.69) is 43.0 Å². The lowest BCUT2D eigenvalue weighted by Gasteiger charge is -2.25. The van der Waals surface area contributed by atoms with E-state index in [1.165, 1.54) is 5.57 Å². The van der Waals surface area contributed by atoms with E-state index in [1.54, 1.807) is 6.08 Å². The van der Waals surface area contributed by atoms with Crippen LogP contribution in [-0.4, -0.2) is 49.7 Å². The van der Waals surface area contributed by atoms with Gasteiger partial charge in [0.2, 0.25) is 5.91 Å². The van der Waals surface area contributed by atoms with Crippen LogP contribution in [0.3, 0.4) is 0 Å². The van der Waals surface area contributed by atoms with Crippen molar-refractivity contribution in [2.75, 3.05) is 26.7 Å². The number of likely N-dealkylation sites (N-methyl/N-ethyl adjacent to an activating group) is 1. The van der Waals surface area contributed by atoms with E-state index in [9.17, 15) is 4.79 Å². The zero-order chi connectivity index (χ0) is 20.5. The minimum absolute atomic E-state index is 0.152. The normalized spacial score (nSPS) is 15.5. The average molecular weight is 367 g/mol. The van der Waals surface area contributed by atoms with Gasteiger partial charge in [-0.1, -0.05) is 40.7 Å². The maximum absolute atomic E-state index is 12.2. The van der Waals surface area contributed by atoms with E-state index in [0.29, 0.717) is 12.5 Å². The Morgan fingerprint density at radius 2 is 2.00 bits per heavy atom. The fourth-order valence-corrected chi connectivity index (χ4v) is 2.53. The minimum atomic E-state index is 0.152. The Morgan fingerprint density at radius 3 is 2.42 bits per heavy atom. The molecule has 1 rings (SSSR count). The summed E-state index contributed by atoms with van der Waals surface area (Å²) in [4.78, 5) is 18.6. The Balaban J connectivity index is 0. The monoisotopic (exact) mass is 366 g/mol. The van der Waals surface area contributed by atoms with E-state index in [-0.39, 0.29) is 11.9 Å². The summed E-state index contributed by atoms with van der Waals surface area (Å²) in [5, 5.41) is 6.43. The first-order chi connectivity index (χ1) is 12.4. The molecule has 1 heterocycles. The van der Waals surface area contributed by atoms with Crippen molar-refractivity contribution in [3.05, 3.63) is 24.0 Å². The largest absolute Gasteiger partial charge is 0.373 e. The SMILES string of the molecule is C=CC.CC.CCC1=C(NC)N=C[C@@H](NCC(=O)N(CC)CC(C)C)C1. The second kappa shape index (κ2) is 16.8. The van der Waals surface area contributed by atoms with Gasteiger partial charge in [-0.3, -0.25) is 4.79 Å². The standard InChI is InChI=1S/C16H30N4O.C3H6.C2H6/c1-6-13-8-14(9-19-16(13)17-5)18-10-15(21)20(7-2)11-12(3)4;1-3-2;1-2/h9,12,14,17-18H,6-8,10-11H2,1-5H3;3H,1H2,2H3;1-2H3/t14-;;/m0../s1. The Hall–Kier alpha value is -1.62. The summed E-state index contributed by atoms with van der Waals surface area (Å²) in [6.45, 7) is 19.6. The summed E-state index contributed by atoms with van der Waals surface area (Å²) in [7, 11) is 1.89. The third kappa shape index (κ3) is 11.1. The van der Waals surface area contributed by atoms with Crippen LogP contribution in [0.15, 0.2) is 29.0 Å². The molecule has 26 heavy (non-hydrogen) atoms. The maximum Gasteiger partial charge on any atom is 0.236 e. The summed E-state index contributed by atoms with van der Waals surface area (Å²) in [5.74, 6) is 1.64. The van der Waals surface area contributed by atoms with Gasteiger partial charge in [-0.25, -0.2) is 4.99 Å². The van der Waals surface area contributed by atoms with Crippen molar-refractivity contribution < 1.29 is 4.79 Å².